The molecule has 0 fully saturated rings. The van der Waals surface area contributed by atoms with Crippen LogP contribution in [0.4, 0.5) is 0 Å². The van der Waals surface area contributed by atoms with E-state index in [1.807, 2.05) is 6.07 Å². The molecule has 1 rings (SSSR count). The van der Waals surface area contributed by atoms with Gasteiger partial charge in [-0.05, 0) is 13.8 Å². The lowest BCUT2D eigenvalue weighted by atomic mass is 10.2. The van der Waals surface area contributed by atoms with Crippen molar-refractivity contribution in [3.63, 3.8) is 0 Å². The fourth-order valence-corrected chi connectivity index (χ4v) is 2.21. The molecule has 0 aliphatic carbocycles. The van der Waals surface area contributed by atoms with E-state index in [9.17, 15) is 4.79 Å². The van der Waals surface area contributed by atoms with Crippen molar-refractivity contribution in [1.82, 2.24) is 0 Å². The van der Waals surface area contributed by atoms with E-state index in [1.165, 1.54) is 11.6 Å². The first-order chi connectivity index (χ1) is 9.15. The molecule has 20 heavy (non-hydrogen) atoms. The SMILES string of the molecule is C=CC(=O)OCC[N+](CC)(CC)Cc1ccccc1.[F-]. The second-order valence-corrected chi connectivity index (χ2v) is 4.71. The third kappa shape index (κ3) is 5.53. The van der Waals surface area contributed by atoms with Gasteiger partial charge < -0.3 is 13.9 Å². The predicted molar refractivity (Wildman–Crippen MR) is 77.5 cm³/mol. The number of likely N-dealkylation sites (N-methyl/N-ethyl adjacent to an activating group) is 1. The van der Waals surface area contributed by atoms with Gasteiger partial charge in [-0.3, -0.25) is 0 Å². The number of nitrogens with zero attached hydrogens (tertiary/aromatic N) is 1. The molecule has 0 saturated heterocycles. The van der Waals surface area contributed by atoms with Crippen LogP contribution >= 0.6 is 0 Å². The predicted octanol–water partition coefficient (Wildman–Crippen LogP) is -0.224. The zero-order valence-corrected chi connectivity index (χ0v) is 12.3. The molecule has 0 aliphatic rings. The normalized spacial score (nSPS) is 10.5. The molecule has 0 saturated carbocycles. The summed E-state index contributed by atoms with van der Waals surface area (Å²) in [5.41, 5.74) is 1.32. The first kappa shape index (κ1) is 18.3. The molecule has 0 aromatic heterocycles. The van der Waals surface area contributed by atoms with Crippen LogP contribution in [0.25, 0.3) is 0 Å². The number of esters is 1. The molecule has 1 aromatic rings. The van der Waals surface area contributed by atoms with E-state index >= 15 is 0 Å². The van der Waals surface area contributed by atoms with Crippen molar-refractivity contribution in [2.75, 3.05) is 26.2 Å². The van der Waals surface area contributed by atoms with Crippen LogP contribution in [0.15, 0.2) is 43.0 Å². The van der Waals surface area contributed by atoms with Gasteiger partial charge in [0.15, 0.2) is 0 Å². The van der Waals surface area contributed by atoms with Crippen LogP contribution in [-0.4, -0.2) is 36.7 Å². The van der Waals surface area contributed by atoms with E-state index < -0.39 is 0 Å². The molecule has 112 valence electrons. The van der Waals surface area contributed by atoms with Gasteiger partial charge in [0.25, 0.3) is 0 Å². The summed E-state index contributed by atoms with van der Waals surface area (Å²) < 4.78 is 6.04. The van der Waals surface area contributed by atoms with Gasteiger partial charge in [-0.15, -0.1) is 0 Å². The molecule has 4 heteroatoms. The average Bonchev–Trinajstić information content (AvgIpc) is 2.47. The Labute approximate surface area is 120 Å². The van der Waals surface area contributed by atoms with Crippen LogP contribution in [0, 0.1) is 0 Å². The van der Waals surface area contributed by atoms with Gasteiger partial charge >= 0.3 is 5.97 Å². The monoisotopic (exact) mass is 281 g/mol. The molecule has 1 aromatic carbocycles. The van der Waals surface area contributed by atoms with Gasteiger partial charge in [-0.25, -0.2) is 4.79 Å². The molecule has 0 heterocycles. The van der Waals surface area contributed by atoms with Gasteiger partial charge in [0.05, 0.1) is 13.1 Å². The molecule has 0 atom stereocenters. The highest BCUT2D eigenvalue weighted by Gasteiger charge is 2.23. The summed E-state index contributed by atoms with van der Waals surface area (Å²) in [4.78, 5) is 11.1. The highest BCUT2D eigenvalue weighted by atomic mass is 19.0. The van der Waals surface area contributed by atoms with Crippen molar-refractivity contribution in [3.8, 4) is 0 Å². The first-order valence-electron chi connectivity index (χ1n) is 6.84. The van der Waals surface area contributed by atoms with E-state index in [2.05, 4.69) is 44.7 Å². The molecule has 0 amide bonds. The maximum atomic E-state index is 11.1. The van der Waals surface area contributed by atoms with E-state index in [1.54, 1.807) is 0 Å². The molecule has 0 aliphatic heterocycles. The largest absolute Gasteiger partial charge is 1.00 e. The van der Waals surface area contributed by atoms with Crippen molar-refractivity contribution in [2.24, 2.45) is 0 Å². The van der Waals surface area contributed by atoms with E-state index in [0.29, 0.717) is 6.61 Å². The standard InChI is InChI=1S/C16H24NO2.FH/c1-4-16(18)19-13-12-17(5-2,6-3)14-15-10-8-7-9-11-15;/h4,7-11H,1,5-6,12-14H2,2-3H3;1H/q+1;/p-1. The van der Waals surface area contributed by atoms with Crippen molar-refractivity contribution >= 4 is 5.97 Å². The average molecular weight is 281 g/mol. The Kier molecular flexibility index (Phi) is 8.48. The van der Waals surface area contributed by atoms with E-state index in [0.717, 1.165) is 30.7 Å². The zero-order valence-electron chi connectivity index (χ0n) is 12.3. The molecular formula is C16H24FNO2. The molecule has 0 radical (unpaired) electrons. The van der Waals surface area contributed by atoms with Gasteiger partial charge in [0.2, 0.25) is 0 Å². The van der Waals surface area contributed by atoms with Crippen LogP contribution in [0.2, 0.25) is 0 Å². The third-order valence-corrected chi connectivity index (χ3v) is 3.68. The Balaban J connectivity index is 0.00000361. The van der Waals surface area contributed by atoms with Gasteiger partial charge in [-0.1, -0.05) is 36.9 Å². The van der Waals surface area contributed by atoms with Gasteiger partial charge in [-0.2, -0.15) is 0 Å². The second-order valence-electron chi connectivity index (χ2n) is 4.71. The maximum Gasteiger partial charge on any atom is 0.330 e. The molecule has 0 unspecified atom stereocenters. The fraction of sp³-hybridized carbons (Fsp3) is 0.438. The van der Waals surface area contributed by atoms with Crippen LogP contribution in [0.5, 0.6) is 0 Å². The lowest BCUT2D eigenvalue weighted by Crippen LogP contribution is -3.00. The number of carbonyl (C=O) groups is 1. The minimum atomic E-state index is -0.343. The summed E-state index contributed by atoms with van der Waals surface area (Å²) in [6.07, 6.45) is 1.21. The number of ether oxygens (including phenoxy) is 1. The van der Waals surface area contributed by atoms with Gasteiger partial charge in [0.1, 0.15) is 19.7 Å². The number of hydrogen-bond acceptors (Lipinski definition) is 2. The minimum absolute atomic E-state index is 0. The third-order valence-electron chi connectivity index (χ3n) is 3.68. The molecule has 0 N–H and O–H groups in total. The van der Waals surface area contributed by atoms with Crippen molar-refractivity contribution in [2.45, 2.75) is 20.4 Å². The number of hydrogen-bond donors (Lipinski definition) is 0. The zero-order chi connectivity index (χ0) is 14.1. The van der Waals surface area contributed by atoms with Crippen LogP contribution in [0.1, 0.15) is 19.4 Å². The minimum Gasteiger partial charge on any atom is -1.00 e. The van der Waals surface area contributed by atoms with E-state index in [4.69, 9.17) is 4.74 Å². The quantitative estimate of drug-likeness (QED) is 0.374. The van der Waals surface area contributed by atoms with Crippen molar-refractivity contribution in [3.05, 3.63) is 48.6 Å². The summed E-state index contributed by atoms with van der Waals surface area (Å²) in [6.45, 7) is 12.1. The Bertz CT molecular complexity index is 402. The summed E-state index contributed by atoms with van der Waals surface area (Å²) in [7, 11) is 0. The summed E-state index contributed by atoms with van der Waals surface area (Å²) >= 11 is 0. The smallest absolute Gasteiger partial charge is 0.330 e. The molecule has 0 bridgehead atoms. The summed E-state index contributed by atoms with van der Waals surface area (Å²) in [6, 6.07) is 10.4. The second kappa shape index (κ2) is 9.26. The lowest BCUT2D eigenvalue weighted by molar-refractivity contribution is -0.937. The van der Waals surface area contributed by atoms with Crippen LogP contribution in [0.3, 0.4) is 0 Å². The summed E-state index contributed by atoms with van der Waals surface area (Å²) in [5.74, 6) is -0.343. The van der Waals surface area contributed by atoms with Crippen molar-refractivity contribution < 1.29 is 18.7 Å². The number of rotatable bonds is 8. The number of carbonyl (C=O) groups excluding carboxylic acids is 1. The fourth-order valence-electron chi connectivity index (χ4n) is 2.21. The highest BCUT2D eigenvalue weighted by molar-refractivity contribution is 5.81. The molecule has 0 spiro atoms. The van der Waals surface area contributed by atoms with E-state index in [-0.39, 0.29) is 10.7 Å². The molecular weight excluding hydrogens is 257 g/mol. The number of benzene rings is 1. The number of quaternary nitrogens is 1. The van der Waals surface area contributed by atoms with Gasteiger partial charge in [0, 0.05) is 11.6 Å². The Morgan fingerprint density at radius 3 is 2.35 bits per heavy atom. The highest BCUT2D eigenvalue weighted by Crippen LogP contribution is 2.14. The maximum absolute atomic E-state index is 11.1. The Morgan fingerprint density at radius 1 is 1.25 bits per heavy atom. The lowest BCUT2D eigenvalue weighted by Gasteiger charge is -2.36. The molecule has 3 nitrogen and oxygen atoms in total. The van der Waals surface area contributed by atoms with Crippen LogP contribution in [-0.2, 0) is 16.1 Å². The summed E-state index contributed by atoms with van der Waals surface area (Å²) in [5, 5.41) is 0. The Hall–Kier alpha value is -1.68. The van der Waals surface area contributed by atoms with Crippen LogP contribution < -0.4 is 4.70 Å². The number of halogens is 1. The van der Waals surface area contributed by atoms with Crippen molar-refractivity contribution in [1.29, 1.82) is 0 Å². The Morgan fingerprint density at radius 2 is 1.85 bits per heavy atom. The topological polar surface area (TPSA) is 26.3 Å². The first-order valence-corrected chi connectivity index (χ1v) is 6.84.